The van der Waals surface area contributed by atoms with E-state index in [0.717, 1.165) is 24.1 Å². The number of nitrogens with one attached hydrogen (secondary N) is 2. The fourth-order valence-corrected chi connectivity index (χ4v) is 6.20. The van der Waals surface area contributed by atoms with Gasteiger partial charge < -0.3 is 38.7 Å². The number of carbonyl (C=O) groups is 2. The van der Waals surface area contributed by atoms with E-state index in [2.05, 4.69) is 59.6 Å². The summed E-state index contributed by atoms with van der Waals surface area (Å²) in [5.74, 6) is 0.712. The lowest BCUT2D eigenvalue weighted by atomic mass is 10.1. The standard InChI is InChI=1S/C31H48Br2N6O4.ClH/c1-2-3-4-5-6-7-8-9-10-11-12-14-28(40)35-16-13-18-43-29-25(32)19-23(20-26(29)33)21-27(39-42)30(41)36-17-15-24-22-37-31(34)38-24;/h19-20,22,42H,2-18,21H2,1H3,(H,35,40)(H,36,41)(H3,34,37,38);1H. The van der Waals surface area contributed by atoms with Crippen molar-refractivity contribution >= 4 is 55.3 Å². The molecule has 0 spiro atoms. The second-order valence-electron chi connectivity index (χ2n) is 10.8. The molecule has 0 radical (unpaired) electrons. The number of quaternary nitrogens is 1. The van der Waals surface area contributed by atoms with Gasteiger partial charge in [-0.2, -0.15) is 4.99 Å². The van der Waals surface area contributed by atoms with Crippen LogP contribution >= 0.6 is 31.9 Å². The molecule has 0 bridgehead atoms. The number of ether oxygens (including phenoxy) is 1. The molecule has 1 heterocycles. The summed E-state index contributed by atoms with van der Waals surface area (Å²) in [7, 11) is 0. The van der Waals surface area contributed by atoms with Gasteiger partial charge in [-0.15, -0.1) is 0 Å². The van der Waals surface area contributed by atoms with Crippen LogP contribution in [0.15, 0.2) is 43.1 Å². The van der Waals surface area contributed by atoms with Crippen LogP contribution in [0, 0.1) is 0 Å². The Morgan fingerprint density at radius 1 is 0.955 bits per heavy atom. The van der Waals surface area contributed by atoms with Crippen LogP contribution in [0.2, 0.25) is 0 Å². The molecule has 7 N–H and O–H groups in total. The minimum Gasteiger partial charge on any atom is -1.00 e. The molecule has 1 aliphatic rings. The van der Waals surface area contributed by atoms with E-state index in [-0.39, 0.29) is 30.4 Å². The van der Waals surface area contributed by atoms with Gasteiger partial charge in [0.2, 0.25) is 5.91 Å². The summed E-state index contributed by atoms with van der Waals surface area (Å²) in [4.78, 5) is 28.8. The molecule has 248 valence electrons. The van der Waals surface area contributed by atoms with Crippen molar-refractivity contribution in [1.29, 1.82) is 0 Å². The third-order valence-electron chi connectivity index (χ3n) is 7.10. The highest BCUT2D eigenvalue weighted by molar-refractivity contribution is 9.11. The first kappa shape index (κ1) is 39.9. The molecule has 2 rings (SSSR count). The molecule has 1 aliphatic heterocycles. The zero-order valence-electron chi connectivity index (χ0n) is 25.8. The van der Waals surface area contributed by atoms with Crippen molar-refractivity contribution < 1.29 is 37.3 Å². The Hall–Kier alpha value is -2.15. The van der Waals surface area contributed by atoms with Crippen LogP contribution in [-0.4, -0.2) is 48.4 Å². The van der Waals surface area contributed by atoms with Crippen molar-refractivity contribution in [3.05, 3.63) is 38.5 Å². The number of benzene rings is 1. The first-order valence-electron chi connectivity index (χ1n) is 15.6. The van der Waals surface area contributed by atoms with Crippen LogP contribution in [0.1, 0.15) is 102 Å². The molecular weight excluding hydrogens is 716 g/mol. The normalized spacial score (nSPS) is 12.8. The predicted molar refractivity (Wildman–Crippen MR) is 178 cm³/mol. The summed E-state index contributed by atoms with van der Waals surface area (Å²) in [5.41, 5.74) is 7.15. The highest BCUT2D eigenvalue weighted by Crippen LogP contribution is 2.35. The van der Waals surface area contributed by atoms with Crippen molar-refractivity contribution in [3.8, 4) is 5.75 Å². The molecule has 0 fully saturated rings. The number of halogens is 3. The Morgan fingerprint density at radius 2 is 1.57 bits per heavy atom. The molecule has 44 heavy (non-hydrogen) atoms. The summed E-state index contributed by atoms with van der Waals surface area (Å²) in [6.07, 6.45) is 17.7. The number of nitrogens with two attached hydrogens (primary N) is 2. The van der Waals surface area contributed by atoms with Gasteiger partial charge in [0.15, 0.2) is 0 Å². The number of carbonyl (C=O) groups excluding carboxylic acids is 2. The average Bonchev–Trinajstić information content (AvgIpc) is 3.40. The van der Waals surface area contributed by atoms with Crippen LogP contribution < -0.4 is 38.8 Å². The molecule has 0 aromatic heterocycles. The van der Waals surface area contributed by atoms with E-state index in [1.165, 1.54) is 57.8 Å². The summed E-state index contributed by atoms with van der Waals surface area (Å²) in [5, 5.41) is 20.1. The smallest absolute Gasteiger partial charge is 0.301 e. The molecule has 1 aromatic carbocycles. The Morgan fingerprint density at radius 3 is 2.14 bits per heavy atom. The molecule has 13 heteroatoms. The molecule has 0 saturated heterocycles. The lowest BCUT2D eigenvalue weighted by Crippen LogP contribution is -3.00. The molecule has 0 atom stereocenters. The second-order valence-corrected chi connectivity index (χ2v) is 12.5. The number of nitrogens with zero attached hydrogens (tertiary/aromatic N) is 2. The summed E-state index contributed by atoms with van der Waals surface area (Å²) in [6, 6.07) is 3.65. The van der Waals surface area contributed by atoms with Crippen molar-refractivity contribution in [3.63, 3.8) is 0 Å². The monoisotopic (exact) mass is 762 g/mol. The number of amides is 2. The fraction of sp³-hybridized carbons (Fsp3) is 0.613. The van der Waals surface area contributed by atoms with Gasteiger partial charge in [-0.05, 0) is 62.4 Å². The van der Waals surface area contributed by atoms with Gasteiger partial charge in [0.05, 0.1) is 15.6 Å². The number of guanidine groups is 1. The number of oxime groups is 1. The lowest BCUT2D eigenvalue weighted by molar-refractivity contribution is -0.460. The SMILES string of the molecule is CCCCCCCCCCCCCC(=O)NCCCOc1c(Br)cc(CC(=NO)C(=O)NCCC2=C[NH2+]C(N)=N2)cc1Br.[Cl-]. The zero-order valence-corrected chi connectivity index (χ0v) is 29.7. The maximum atomic E-state index is 12.5. The van der Waals surface area contributed by atoms with E-state index < -0.39 is 5.91 Å². The molecular formula is C31H49Br2ClN6O4. The molecule has 0 aliphatic carbocycles. The van der Waals surface area contributed by atoms with Gasteiger partial charge in [0.1, 0.15) is 23.4 Å². The largest absolute Gasteiger partial charge is 1.00 e. The number of hydrogen-bond acceptors (Lipinski definition) is 7. The fourth-order valence-electron chi connectivity index (χ4n) is 4.69. The minimum absolute atomic E-state index is 0. The third-order valence-corrected chi connectivity index (χ3v) is 8.27. The van der Waals surface area contributed by atoms with E-state index in [0.29, 0.717) is 59.6 Å². The van der Waals surface area contributed by atoms with Crippen LogP contribution in [0.25, 0.3) is 0 Å². The topological polar surface area (TPSA) is 155 Å². The first-order valence-corrected chi connectivity index (χ1v) is 17.2. The minimum atomic E-state index is -0.458. The van der Waals surface area contributed by atoms with Gasteiger partial charge in [-0.25, -0.2) is 0 Å². The van der Waals surface area contributed by atoms with Gasteiger partial charge in [0.25, 0.3) is 5.91 Å². The van der Waals surface area contributed by atoms with Gasteiger partial charge in [-0.3, -0.25) is 14.9 Å². The lowest BCUT2D eigenvalue weighted by Gasteiger charge is -2.13. The Balaban J connectivity index is 0.00000968. The summed E-state index contributed by atoms with van der Waals surface area (Å²) >= 11 is 7.06. The van der Waals surface area contributed by atoms with Crippen molar-refractivity contribution in [2.45, 2.75) is 103 Å². The van der Waals surface area contributed by atoms with Crippen LogP contribution in [-0.2, 0) is 16.0 Å². The first-order chi connectivity index (χ1) is 20.8. The van der Waals surface area contributed by atoms with Crippen LogP contribution in [0.4, 0.5) is 0 Å². The summed E-state index contributed by atoms with van der Waals surface area (Å²) < 4.78 is 7.34. The molecule has 1 aromatic rings. The van der Waals surface area contributed by atoms with E-state index in [1.54, 1.807) is 11.5 Å². The Bertz CT molecular complexity index is 1090. The van der Waals surface area contributed by atoms with Crippen molar-refractivity contribution in [2.24, 2.45) is 15.9 Å². The molecule has 2 amide bonds. The van der Waals surface area contributed by atoms with E-state index in [9.17, 15) is 14.8 Å². The molecule has 10 nitrogen and oxygen atoms in total. The number of rotatable bonds is 23. The maximum Gasteiger partial charge on any atom is 0.301 e. The highest BCUT2D eigenvalue weighted by atomic mass is 79.9. The highest BCUT2D eigenvalue weighted by Gasteiger charge is 2.17. The van der Waals surface area contributed by atoms with Crippen LogP contribution in [0.5, 0.6) is 5.75 Å². The van der Waals surface area contributed by atoms with Gasteiger partial charge >= 0.3 is 5.96 Å². The Labute approximate surface area is 285 Å². The quantitative estimate of drug-likeness (QED) is 0.0502. The van der Waals surface area contributed by atoms with Gasteiger partial charge in [0, 0.05) is 32.4 Å². The van der Waals surface area contributed by atoms with Crippen molar-refractivity contribution in [2.75, 3.05) is 19.7 Å². The average molecular weight is 765 g/mol. The summed E-state index contributed by atoms with van der Waals surface area (Å²) in [6.45, 7) is 3.59. The molecule has 0 saturated carbocycles. The zero-order chi connectivity index (χ0) is 31.3. The maximum absolute atomic E-state index is 12.5. The van der Waals surface area contributed by atoms with Crippen molar-refractivity contribution in [1.82, 2.24) is 10.6 Å². The number of aliphatic imine (C=N–C) groups is 1. The van der Waals surface area contributed by atoms with Gasteiger partial charge in [-0.1, -0.05) is 76.3 Å². The van der Waals surface area contributed by atoms with Crippen LogP contribution in [0.3, 0.4) is 0 Å². The number of unbranched alkanes of at least 4 members (excludes halogenated alkanes) is 10. The number of hydrogen-bond donors (Lipinski definition) is 5. The Kier molecular flexibility index (Phi) is 21.9. The van der Waals surface area contributed by atoms with E-state index >= 15 is 0 Å². The predicted octanol–water partition coefficient (Wildman–Crippen LogP) is 2.41. The van der Waals surface area contributed by atoms with E-state index in [4.69, 9.17) is 10.5 Å². The second kappa shape index (κ2) is 24.1. The third kappa shape index (κ3) is 16.8. The molecule has 0 unspecified atom stereocenters. The van der Waals surface area contributed by atoms with E-state index in [1.807, 2.05) is 12.1 Å².